The molecular formula is C51H37N3. The van der Waals surface area contributed by atoms with Crippen LogP contribution >= 0.6 is 0 Å². The molecule has 0 amide bonds. The summed E-state index contributed by atoms with van der Waals surface area (Å²) in [6.45, 7) is 0. The van der Waals surface area contributed by atoms with E-state index in [9.17, 15) is 0 Å². The van der Waals surface area contributed by atoms with E-state index in [1.54, 1.807) is 0 Å². The Morgan fingerprint density at radius 1 is 0.444 bits per heavy atom. The molecule has 0 fully saturated rings. The molecule has 3 heteroatoms. The Hall–Kier alpha value is -6.94. The largest absolute Gasteiger partial charge is 0.320 e. The van der Waals surface area contributed by atoms with Crippen molar-refractivity contribution in [1.29, 1.82) is 0 Å². The highest BCUT2D eigenvalue weighted by molar-refractivity contribution is 5.99. The van der Waals surface area contributed by atoms with E-state index < -0.39 is 0 Å². The second-order valence-corrected chi connectivity index (χ2v) is 13.6. The summed E-state index contributed by atoms with van der Waals surface area (Å²) >= 11 is 0. The lowest BCUT2D eigenvalue weighted by Gasteiger charge is -2.19. The van der Waals surface area contributed by atoms with Crippen LogP contribution < -0.4 is 5.73 Å². The van der Waals surface area contributed by atoms with Crippen LogP contribution in [0, 0.1) is 0 Å². The van der Waals surface area contributed by atoms with Crippen LogP contribution in [0.5, 0.6) is 0 Å². The highest BCUT2D eigenvalue weighted by Crippen LogP contribution is 2.37. The predicted octanol–water partition coefficient (Wildman–Crippen LogP) is 12.9. The lowest BCUT2D eigenvalue weighted by molar-refractivity contribution is 0.881. The molecule has 0 saturated heterocycles. The Morgan fingerprint density at radius 3 is 1.87 bits per heavy atom. The summed E-state index contributed by atoms with van der Waals surface area (Å²) in [7, 11) is 0. The first-order chi connectivity index (χ1) is 26.7. The molecular weight excluding hydrogens is 655 g/mol. The number of hydrogen-bond acceptors (Lipinski definition) is 3. The van der Waals surface area contributed by atoms with Crippen LogP contribution in [-0.2, 0) is 0 Å². The minimum atomic E-state index is -0.387. The van der Waals surface area contributed by atoms with Gasteiger partial charge in [0.1, 0.15) is 0 Å². The van der Waals surface area contributed by atoms with Gasteiger partial charge in [-0.05, 0) is 114 Å². The molecule has 1 heterocycles. The molecule has 0 saturated carbocycles. The normalized spacial score (nSPS) is 12.0. The van der Waals surface area contributed by atoms with Crippen molar-refractivity contribution >= 4 is 33.4 Å². The van der Waals surface area contributed by atoms with Gasteiger partial charge in [0.25, 0.3) is 0 Å². The third kappa shape index (κ3) is 6.61. The van der Waals surface area contributed by atoms with E-state index in [1.165, 1.54) is 21.7 Å². The Balaban J connectivity index is 1.17. The van der Waals surface area contributed by atoms with Crippen LogP contribution in [0.2, 0.25) is 0 Å². The molecule has 0 radical (unpaired) electrons. The van der Waals surface area contributed by atoms with E-state index in [0.717, 1.165) is 66.8 Å². The van der Waals surface area contributed by atoms with E-state index in [1.807, 2.05) is 36.7 Å². The lowest BCUT2D eigenvalue weighted by atomic mass is 9.91. The third-order valence-electron chi connectivity index (χ3n) is 10.2. The molecule has 54 heavy (non-hydrogen) atoms. The quantitative estimate of drug-likeness (QED) is 0.161. The van der Waals surface area contributed by atoms with Crippen molar-refractivity contribution in [2.45, 2.75) is 6.04 Å². The molecule has 1 atom stereocenters. The zero-order chi connectivity index (χ0) is 36.3. The minimum Gasteiger partial charge on any atom is -0.320 e. The fraction of sp³-hybridized carbons (Fsp3) is 0.0196. The summed E-state index contributed by atoms with van der Waals surface area (Å²) in [4.78, 5) is 9.76. The van der Waals surface area contributed by atoms with Gasteiger partial charge >= 0.3 is 0 Å². The molecule has 1 aromatic heterocycles. The van der Waals surface area contributed by atoms with Gasteiger partial charge in [-0.25, -0.2) is 0 Å². The van der Waals surface area contributed by atoms with Crippen molar-refractivity contribution in [3.63, 3.8) is 0 Å². The average molecular weight is 692 g/mol. The number of pyridine rings is 1. The molecule has 9 aromatic rings. The van der Waals surface area contributed by atoms with Crippen molar-refractivity contribution in [2.75, 3.05) is 0 Å². The smallest absolute Gasteiger partial charge is 0.0701 e. The van der Waals surface area contributed by atoms with E-state index in [2.05, 4.69) is 175 Å². The summed E-state index contributed by atoms with van der Waals surface area (Å²) in [6.07, 6.45) is 3.81. The van der Waals surface area contributed by atoms with Crippen molar-refractivity contribution in [3.8, 4) is 44.6 Å². The number of benzene rings is 8. The first-order valence-corrected chi connectivity index (χ1v) is 18.3. The molecule has 0 spiro atoms. The molecule has 0 aliphatic carbocycles. The first kappa shape index (κ1) is 32.9. The summed E-state index contributed by atoms with van der Waals surface area (Å²) in [5, 5.41) is 4.74. The van der Waals surface area contributed by atoms with Crippen LogP contribution in [0.1, 0.15) is 22.7 Å². The summed E-state index contributed by atoms with van der Waals surface area (Å²) in [5.41, 5.74) is 19.9. The average Bonchev–Trinajstić information content (AvgIpc) is 3.25. The number of aliphatic imine (C=N–C) groups is 1. The molecule has 8 aromatic carbocycles. The number of nitrogens with two attached hydrogens (primary N) is 1. The Bertz CT molecular complexity index is 2760. The fourth-order valence-electron chi connectivity index (χ4n) is 7.46. The van der Waals surface area contributed by atoms with E-state index in [4.69, 9.17) is 10.7 Å². The molecule has 2 N–H and O–H groups in total. The van der Waals surface area contributed by atoms with Crippen LogP contribution in [0.15, 0.2) is 205 Å². The standard InChI is InChI=1S/C51H37N3/c52-51(47-21-11-17-39-15-5-7-19-45(39)47)48-33-41(36-12-2-1-3-13-36)27-28-50(48)54-34-35-30-42(37-23-25-40(26-24-37)49-22-8-9-29-53-49)32-43(31-35)46-20-10-16-38-14-4-6-18-44(38)46/h1-34,51H,52H2. The Morgan fingerprint density at radius 2 is 1.07 bits per heavy atom. The van der Waals surface area contributed by atoms with Gasteiger partial charge in [-0.1, -0.05) is 152 Å². The highest BCUT2D eigenvalue weighted by atomic mass is 14.7. The number of rotatable bonds is 8. The SMILES string of the molecule is NC(c1cc(-c2ccccc2)ccc1N=Cc1cc(-c2ccc(-c3ccccn3)cc2)cc(-c2cccc3ccccc23)c1)c1cccc2ccccc12. The fourth-order valence-corrected chi connectivity index (χ4v) is 7.46. The molecule has 3 nitrogen and oxygen atoms in total. The second-order valence-electron chi connectivity index (χ2n) is 13.6. The van der Waals surface area contributed by atoms with Crippen molar-refractivity contribution in [2.24, 2.45) is 10.7 Å². The number of aromatic nitrogens is 1. The molecule has 1 unspecified atom stereocenters. The van der Waals surface area contributed by atoms with Gasteiger partial charge in [-0.3, -0.25) is 9.98 Å². The monoisotopic (exact) mass is 691 g/mol. The van der Waals surface area contributed by atoms with Crippen molar-refractivity contribution < 1.29 is 0 Å². The van der Waals surface area contributed by atoms with Crippen molar-refractivity contribution in [3.05, 3.63) is 217 Å². The topological polar surface area (TPSA) is 51.3 Å². The number of fused-ring (bicyclic) bond motifs is 2. The molecule has 9 rings (SSSR count). The third-order valence-corrected chi connectivity index (χ3v) is 10.2. The molecule has 0 aliphatic heterocycles. The highest BCUT2D eigenvalue weighted by Gasteiger charge is 2.17. The van der Waals surface area contributed by atoms with Gasteiger partial charge in [0, 0.05) is 18.0 Å². The number of hydrogen-bond donors (Lipinski definition) is 1. The maximum absolute atomic E-state index is 7.23. The maximum Gasteiger partial charge on any atom is 0.0701 e. The zero-order valence-corrected chi connectivity index (χ0v) is 29.7. The van der Waals surface area contributed by atoms with Crippen LogP contribution in [0.25, 0.3) is 66.2 Å². The van der Waals surface area contributed by atoms with Gasteiger partial charge in [-0.2, -0.15) is 0 Å². The maximum atomic E-state index is 7.23. The minimum absolute atomic E-state index is 0.387. The van der Waals surface area contributed by atoms with Gasteiger partial charge in [0.15, 0.2) is 0 Å². The lowest BCUT2D eigenvalue weighted by Crippen LogP contribution is -2.13. The van der Waals surface area contributed by atoms with Gasteiger partial charge in [0.2, 0.25) is 0 Å². The zero-order valence-electron chi connectivity index (χ0n) is 29.7. The molecule has 256 valence electrons. The van der Waals surface area contributed by atoms with Gasteiger partial charge in [-0.15, -0.1) is 0 Å². The van der Waals surface area contributed by atoms with Crippen LogP contribution in [0.3, 0.4) is 0 Å². The van der Waals surface area contributed by atoms with E-state index >= 15 is 0 Å². The van der Waals surface area contributed by atoms with Crippen LogP contribution in [-0.4, -0.2) is 11.2 Å². The van der Waals surface area contributed by atoms with E-state index in [0.29, 0.717) is 0 Å². The summed E-state index contributed by atoms with van der Waals surface area (Å²) in [5.74, 6) is 0. The van der Waals surface area contributed by atoms with Crippen LogP contribution in [0.4, 0.5) is 5.69 Å². The predicted molar refractivity (Wildman–Crippen MR) is 227 cm³/mol. The van der Waals surface area contributed by atoms with Crippen molar-refractivity contribution in [1.82, 2.24) is 4.98 Å². The number of nitrogens with zero attached hydrogens (tertiary/aromatic N) is 2. The Kier molecular flexibility index (Phi) is 8.90. The molecule has 0 aliphatic rings. The Labute approximate surface area is 315 Å². The first-order valence-electron chi connectivity index (χ1n) is 18.3. The van der Waals surface area contributed by atoms with Gasteiger partial charge in [0.05, 0.1) is 17.4 Å². The van der Waals surface area contributed by atoms with E-state index in [-0.39, 0.29) is 6.04 Å². The molecule has 0 bridgehead atoms. The summed E-state index contributed by atoms with van der Waals surface area (Å²) in [6, 6.07) is 67.7. The second kappa shape index (κ2) is 14.6. The summed E-state index contributed by atoms with van der Waals surface area (Å²) < 4.78 is 0. The van der Waals surface area contributed by atoms with Gasteiger partial charge < -0.3 is 5.73 Å².